The molecule has 0 aliphatic carbocycles. The number of hydrogen-bond acceptors (Lipinski definition) is 6. The highest BCUT2D eigenvalue weighted by molar-refractivity contribution is 5.81. The second-order valence-corrected chi connectivity index (χ2v) is 9.89. The highest BCUT2D eigenvalue weighted by Gasteiger charge is 2.19. The maximum absolute atomic E-state index is 13.4. The Bertz CT molecular complexity index is 1590. The van der Waals surface area contributed by atoms with Crippen LogP contribution in [0, 0.1) is 0 Å². The first-order valence-electron chi connectivity index (χ1n) is 13.8. The minimum absolute atomic E-state index is 0.127. The lowest BCUT2D eigenvalue weighted by molar-refractivity contribution is 0.0892. The minimum Gasteiger partial charge on any atom is -0.274 e. The van der Waals surface area contributed by atoms with Gasteiger partial charge in [0.1, 0.15) is 5.82 Å². The molecule has 0 aliphatic heterocycles. The summed E-state index contributed by atoms with van der Waals surface area (Å²) in [5, 5.41) is 19.0. The molecule has 0 saturated heterocycles. The molecule has 0 saturated carbocycles. The van der Waals surface area contributed by atoms with Crippen molar-refractivity contribution in [3.63, 3.8) is 0 Å². The summed E-state index contributed by atoms with van der Waals surface area (Å²) < 4.78 is 2.69. The molecule has 0 amide bonds. The standard InChI is InChI=1S/C31H33N7O2/c1-2-3-4-5-9-16-28-34-38(29(39)21-23-12-7-6-8-13-23)31(40)37(28)22-24-17-19-25(20-18-24)26-14-10-11-15-27(26)30-32-35-36-33-30/h6-8,10-15,17-20H,2-5,9,16,21-22H2,1H3,(H,32,33,35,36). The van der Waals surface area contributed by atoms with Crippen molar-refractivity contribution in [3.05, 3.63) is 106 Å². The van der Waals surface area contributed by atoms with Crippen molar-refractivity contribution in [3.8, 4) is 22.5 Å². The predicted molar refractivity (Wildman–Crippen MR) is 154 cm³/mol. The average molecular weight is 536 g/mol. The third kappa shape index (κ3) is 6.31. The molecule has 0 atom stereocenters. The van der Waals surface area contributed by atoms with Crippen molar-refractivity contribution >= 4 is 5.91 Å². The summed E-state index contributed by atoms with van der Waals surface area (Å²) in [6, 6.07) is 25.4. The molecule has 0 spiro atoms. The van der Waals surface area contributed by atoms with Gasteiger partial charge in [0.15, 0.2) is 0 Å². The van der Waals surface area contributed by atoms with E-state index < -0.39 is 5.69 Å². The lowest BCUT2D eigenvalue weighted by Crippen LogP contribution is -2.31. The Balaban J connectivity index is 1.39. The highest BCUT2D eigenvalue weighted by atomic mass is 16.2. The van der Waals surface area contributed by atoms with Gasteiger partial charge in [0.2, 0.25) is 5.82 Å². The second kappa shape index (κ2) is 12.9. The molecule has 5 aromatic rings. The molecule has 0 unspecified atom stereocenters. The number of nitrogens with zero attached hydrogens (tertiary/aromatic N) is 6. The van der Waals surface area contributed by atoms with Crippen LogP contribution in [0.4, 0.5) is 0 Å². The van der Waals surface area contributed by atoms with Gasteiger partial charge < -0.3 is 0 Å². The smallest absolute Gasteiger partial charge is 0.274 e. The van der Waals surface area contributed by atoms with Crippen molar-refractivity contribution in [1.29, 1.82) is 0 Å². The first-order valence-corrected chi connectivity index (χ1v) is 13.8. The minimum atomic E-state index is -0.393. The van der Waals surface area contributed by atoms with Crippen molar-refractivity contribution in [2.45, 2.75) is 58.4 Å². The van der Waals surface area contributed by atoms with Crippen LogP contribution in [-0.4, -0.2) is 40.9 Å². The van der Waals surface area contributed by atoms with E-state index in [1.54, 1.807) is 4.57 Å². The molecule has 1 N–H and O–H groups in total. The Labute approximate surface area is 232 Å². The van der Waals surface area contributed by atoms with Crippen molar-refractivity contribution in [2.24, 2.45) is 0 Å². The number of nitrogens with one attached hydrogen (secondary N) is 1. The zero-order valence-electron chi connectivity index (χ0n) is 22.7. The number of aromatic amines is 1. The summed E-state index contributed by atoms with van der Waals surface area (Å²) >= 11 is 0. The highest BCUT2D eigenvalue weighted by Crippen LogP contribution is 2.29. The van der Waals surface area contributed by atoms with E-state index in [0.29, 0.717) is 24.6 Å². The number of hydrogen-bond donors (Lipinski definition) is 1. The number of benzene rings is 3. The zero-order valence-corrected chi connectivity index (χ0v) is 22.7. The second-order valence-electron chi connectivity index (χ2n) is 9.89. The van der Waals surface area contributed by atoms with Crippen LogP contribution in [0.15, 0.2) is 83.7 Å². The Hall–Kier alpha value is -4.66. The summed E-state index contributed by atoms with van der Waals surface area (Å²) in [5.74, 6) is 0.854. The van der Waals surface area contributed by atoms with Gasteiger partial charge >= 0.3 is 5.69 Å². The molecular weight excluding hydrogens is 502 g/mol. The molecular formula is C31H33N7O2. The summed E-state index contributed by atoms with van der Waals surface area (Å²) in [6.07, 6.45) is 6.29. The number of carbonyl (C=O) groups excluding carboxylic acids is 1. The molecule has 9 nitrogen and oxygen atoms in total. The third-order valence-electron chi connectivity index (χ3n) is 7.00. The molecule has 0 bridgehead atoms. The van der Waals surface area contributed by atoms with Gasteiger partial charge in [0.05, 0.1) is 13.0 Å². The summed E-state index contributed by atoms with van der Waals surface area (Å²) in [7, 11) is 0. The summed E-state index contributed by atoms with van der Waals surface area (Å²) in [4.78, 5) is 26.5. The van der Waals surface area contributed by atoms with E-state index in [-0.39, 0.29) is 12.3 Å². The topological polar surface area (TPSA) is 111 Å². The van der Waals surface area contributed by atoms with Gasteiger partial charge in [0.25, 0.3) is 5.91 Å². The third-order valence-corrected chi connectivity index (χ3v) is 7.00. The molecule has 204 valence electrons. The number of unbranched alkanes of at least 4 members (excludes halogenated alkanes) is 4. The molecule has 0 radical (unpaired) electrons. The van der Waals surface area contributed by atoms with Crippen LogP contribution in [0.3, 0.4) is 0 Å². The first-order chi connectivity index (χ1) is 19.6. The van der Waals surface area contributed by atoms with Gasteiger partial charge in [-0.2, -0.15) is 5.21 Å². The van der Waals surface area contributed by atoms with Crippen molar-refractivity contribution in [2.75, 3.05) is 0 Å². The van der Waals surface area contributed by atoms with E-state index in [1.165, 1.54) is 12.8 Å². The van der Waals surface area contributed by atoms with Gasteiger partial charge in [-0.3, -0.25) is 9.36 Å². The maximum atomic E-state index is 13.4. The zero-order chi connectivity index (χ0) is 27.7. The maximum Gasteiger partial charge on any atom is 0.353 e. The monoisotopic (exact) mass is 535 g/mol. The Kier molecular flexibility index (Phi) is 8.70. The number of carbonyl (C=O) groups is 1. The van der Waals surface area contributed by atoms with Crippen LogP contribution < -0.4 is 5.69 Å². The number of rotatable bonds is 12. The van der Waals surface area contributed by atoms with E-state index in [1.807, 2.05) is 78.9 Å². The van der Waals surface area contributed by atoms with E-state index in [4.69, 9.17) is 0 Å². The fourth-order valence-corrected chi connectivity index (χ4v) is 4.85. The molecule has 40 heavy (non-hydrogen) atoms. The van der Waals surface area contributed by atoms with E-state index in [2.05, 4.69) is 32.6 Å². The molecule has 3 aromatic carbocycles. The SMILES string of the molecule is CCCCCCCc1nn(C(=O)Cc2ccccc2)c(=O)n1Cc1ccc(-c2ccccc2-c2nn[nH]n2)cc1. The van der Waals surface area contributed by atoms with E-state index in [0.717, 1.165) is 51.8 Å². The van der Waals surface area contributed by atoms with Crippen LogP contribution in [0.1, 0.15) is 60.8 Å². The van der Waals surface area contributed by atoms with Gasteiger partial charge in [-0.15, -0.1) is 20.0 Å². The first kappa shape index (κ1) is 26.9. The summed E-state index contributed by atoms with van der Waals surface area (Å²) in [6.45, 7) is 2.53. The van der Waals surface area contributed by atoms with E-state index in [9.17, 15) is 9.59 Å². The van der Waals surface area contributed by atoms with Crippen LogP contribution in [-0.2, 0) is 19.4 Å². The van der Waals surface area contributed by atoms with Gasteiger partial charge in [0, 0.05) is 12.0 Å². The molecule has 2 aromatic heterocycles. The Morgan fingerprint density at radius 2 is 1.55 bits per heavy atom. The number of aromatic nitrogens is 7. The number of tetrazole rings is 1. The van der Waals surface area contributed by atoms with Crippen LogP contribution in [0.25, 0.3) is 22.5 Å². The fourth-order valence-electron chi connectivity index (χ4n) is 4.85. The molecule has 2 heterocycles. The van der Waals surface area contributed by atoms with E-state index >= 15 is 0 Å². The van der Waals surface area contributed by atoms with Crippen LogP contribution >= 0.6 is 0 Å². The van der Waals surface area contributed by atoms with Crippen LogP contribution in [0.5, 0.6) is 0 Å². The number of aryl methyl sites for hydroxylation is 1. The lowest BCUT2D eigenvalue weighted by Gasteiger charge is -2.09. The van der Waals surface area contributed by atoms with Gasteiger partial charge in [-0.1, -0.05) is 111 Å². The Morgan fingerprint density at radius 1 is 0.825 bits per heavy atom. The Morgan fingerprint density at radius 3 is 2.27 bits per heavy atom. The largest absolute Gasteiger partial charge is 0.353 e. The lowest BCUT2D eigenvalue weighted by atomic mass is 9.98. The van der Waals surface area contributed by atoms with Crippen molar-refractivity contribution < 1.29 is 4.79 Å². The summed E-state index contributed by atoms with van der Waals surface area (Å²) in [5.41, 5.74) is 4.28. The quantitative estimate of drug-likeness (QED) is 0.216. The molecule has 9 heteroatoms. The normalized spacial score (nSPS) is 11.1. The average Bonchev–Trinajstić information content (AvgIpc) is 3.63. The number of H-pyrrole nitrogens is 1. The molecule has 5 rings (SSSR count). The van der Waals surface area contributed by atoms with Crippen molar-refractivity contribution in [1.82, 2.24) is 35.0 Å². The van der Waals surface area contributed by atoms with Crippen LogP contribution in [0.2, 0.25) is 0 Å². The molecule has 0 fully saturated rings. The van der Waals surface area contributed by atoms with Gasteiger partial charge in [-0.05, 0) is 33.9 Å². The van der Waals surface area contributed by atoms with Gasteiger partial charge in [-0.25, -0.2) is 4.79 Å². The fraction of sp³-hybridized carbons (Fsp3) is 0.290. The predicted octanol–water partition coefficient (Wildman–Crippen LogP) is 5.34. The molecule has 0 aliphatic rings.